The van der Waals surface area contributed by atoms with Crippen molar-refractivity contribution in [3.8, 4) is 5.75 Å². The third kappa shape index (κ3) is 1.25. The van der Waals surface area contributed by atoms with Crippen LogP contribution in [0.2, 0.25) is 0 Å². The molecule has 0 saturated carbocycles. The SMILES string of the molecule is COc1cc2cnoc2cc1CN. The standard InChI is InChI=1S/C9H10N2O2/c1-12-8-3-7-5-11-13-9(7)2-6(8)4-10/h2-3,5H,4,10H2,1H3. The fourth-order valence-corrected chi connectivity index (χ4v) is 1.29. The highest BCUT2D eigenvalue weighted by Gasteiger charge is 2.06. The van der Waals surface area contributed by atoms with Gasteiger partial charge in [-0.25, -0.2) is 0 Å². The highest BCUT2D eigenvalue weighted by molar-refractivity contribution is 5.78. The second-order valence-electron chi connectivity index (χ2n) is 2.73. The Morgan fingerprint density at radius 1 is 1.54 bits per heavy atom. The van der Waals surface area contributed by atoms with E-state index in [1.165, 1.54) is 0 Å². The molecule has 0 spiro atoms. The van der Waals surface area contributed by atoms with Crippen LogP contribution >= 0.6 is 0 Å². The number of nitrogens with two attached hydrogens (primary N) is 1. The smallest absolute Gasteiger partial charge is 0.167 e. The molecule has 1 heterocycles. The van der Waals surface area contributed by atoms with E-state index in [0.717, 1.165) is 22.3 Å². The third-order valence-electron chi connectivity index (χ3n) is 1.98. The molecule has 0 radical (unpaired) electrons. The fourth-order valence-electron chi connectivity index (χ4n) is 1.29. The highest BCUT2D eigenvalue weighted by atomic mass is 16.5. The van der Waals surface area contributed by atoms with Gasteiger partial charge in [0.2, 0.25) is 0 Å². The number of hydrogen-bond donors (Lipinski definition) is 1. The zero-order valence-electron chi connectivity index (χ0n) is 7.28. The number of methoxy groups -OCH3 is 1. The molecule has 0 saturated heterocycles. The van der Waals surface area contributed by atoms with Crippen molar-refractivity contribution in [3.63, 3.8) is 0 Å². The lowest BCUT2D eigenvalue weighted by molar-refractivity contribution is 0.410. The van der Waals surface area contributed by atoms with E-state index in [2.05, 4.69) is 5.16 Å². The van der Waals surface area contributed by atoms with Crippen LogP contribution in [-0.2, 0) is 6.54 Å². The molecule has 0 bridgehead atoms. The van der Waals surface area contributed by atoms with Crippen LogP contribution in [-0.4, -0.2) is 12.3 Å². The first-order valence-corrected chi connectivity index (χ1v) is 3.96. The Morgan fingerprint density at radius 2 is 2.38 bits per heavy atom. The molecule has 2 aromatic rings. The predicted molar refractivity (Wildman–Crippen MR) is 48.5 cm³/mol. The van der Waals surface area contributed by atoms with Crippen molar-refractivity contribution >= 4 is 11.0 Å². The molecule has 2 rings (SSSR count). The van der Waals surface area contributed by atoms with Crippen molar-refractivity contribution in [3.05, 3.63) is 23.9 Å². The molecule has 13 heavy (non-hydrogen) atoms. The normalized spacial score (nSPS) is 10.6. The van der Waals surface area contributed by atoms with E-state index >= 15 is 0 Å². The zero-order valence-corrected chi connectivity index (χ0v) is 7.28. The lowest BCUT2D eigenvalue weighted by atomic mass is 10.1. The summed E-state index contributed by atoms with van der Waals surface area (Å²) in [4.78, 5) is 0. The minimum Gasteiger partial charge on any atom is -0.496 e. The number of ether oxygens (including phenoxy) is 1. The zero-order chi connectivity index (χ0) is 9.26. The highest BCUT2D eigenvalue weighted by Crippen LogP contribution is 2.25. The van der Waals surface area contributed by atoms with Gasteiger partial charge >= 0.3 is 0 Å². The molecule has 0 aliphatic rings. The van der Waals surface area contributed by atoms with Crippen molar-refractivity contribution < 1.29 is 9.26 Å². The largest absolute Gasteiger partial charge is 0.496 e. The molecule has 4 nitrogen and oxygen atoms in total. The minimum atomic E-state index is 0.430. The van der Waals surface area contributed by atoms with Gasteiger partial charge in [0.1, 0.15) is 5.75 Å². The molecule has 0 fully saturated rings. The fraction of sp³-hybridized carbons (Fsp3) is 0.222. The van der Waals surface area contributed by atoms with Crippen molar-refractivity contribution in [1.82, 2.24) is 5.16 Å². The molecule has 68 valence electrons. The van der Waals surface area contributed by atoms with Crippen molar-refractivity contribution in [1.29, 1.82) is 0 Å². The van der Waals surface area contributed by atoms with Crippen molar-refractivity contribution in [2.24, 2.45) is 5.73 Å². The summed E-state index contributed by atoms with van der Waals surface area (Å²) in [5, 5.41) is 4.61. The number of aromatic nitrogens is 1. The average Bonchev–Trinajstić information content (AvgIpc) is 2.62. The van der Waals surface area contributed by atoms with Gasteiger partial charge in [-0.2, -0.15) is 0 Å². The third-order valence-corrected chi connectivity index (χ3v) is 1.98. The molecular formula is C9H10N2O2. The molecule has 2 N–H and O–H groups in total. The molecule has 4 heteroatoms. The topological polar surface area (TPSA) is 61.3 Å². The van der Waals surface area contributed by atoms with Crippen molar-refractivity contribution in [2.45, 2.75) is 6.54 Å². The summed E-state index contributed by atoms with van der Waals surface area (Å²) < 4.78 is 10.2. The number of fused-ring (bicyclic) bond motifs is 1. The van der Waals surface area contributed by atoms with Crippen LogP contribution < -0.4 is 10.5 Å². The van der Waals surface area contributed by atoms with Crippen LogP contribution in [0.25, 0.3) is 11.0 Å². The van der Waals surface area contributed by atoms with E-state index in [-0.39, 0.29) is 0 Å². The van der Waals surface area contributed by atoms with Crippen LogP contribution in [0.4, 0.5) is 0 Å². The molecule has 1 aromatic heterocycles. The summed E-state index contributed by atoms with van der Waals surface area (Å²) in [6.45, 7) is 0.430. The number of hydrogen-bond acceptors (Lipinski definition) is 4. The van der Waals surface area contributed by atoms with Crippen LogP contribution in [0.5, 0.6) is 5.75 Å². The van der Waals surface area contributed by atoms with Gasteiger partial charge in [0.15, 0.2) is 5.58 Å². The van der Waals surface area contributed by atoms with Crippen LogP contribution in [0.3, 0.4) is 0 Å². The van der Waals surface area contributed by atoms with Gasteiger partial charge in [-0.15, -0.1) is 0 Å². The van der Waals surface area contributed by atoms with E-state index in [0.29, 0.717) is 6.54 Å². The van der Waals surface area contributed by atoms with E-state index in [1.54, 1.807) is 13.3 Å². The second-order valence-corrected chi connectivity index (χ2v) is 2.73. The van der Waals surface area contributed by atoms with Gasteiger partial charge in [-0.05, 0) is 12.1 Å². The van der Waals surface area contributed by atoms with Crippen LogP contribution in [0, 0.1) is 0 Å². The Bertz CT molecular complexity index is 384. The summed E-state index contributed by atoms with van der Waals surface area (Å²) >= 11 is 0. The first kappa shape index (κ1) is 8.07. The molecule has 0 atom stereocenters. The molecule has 0 unspecified atom stereocenters. The van der Waals surface area contributed by atoms with Gasteiger partial charge in [0.25, 0.3) is 0 Å². The Labute approximate surface area is 75.3 Å². The molecule has 0 amide bonds. The van der Waals surface area contributed by atoms with E-state index in [1.807, 2.05) is 12.1 Å². The van der Waals surface area contributed by atoms with Gasteiger partial charge in [0.05, 0.1) is 13.3 Å². The van der Waals surface area contributed by atoms with E-state index in [9.17, 15) is 0 Å². The number of nitrogens with zero attached hydrogens (tertiary/aromatic N) is 1. The number of benzene rings is 1. The molecule has 1 aromatic carbocycles. The summed E-state index contributed by atoms with van der Waals surface area (Å²) in [6, 6.07) is 3.72. The Kier molecular flexibility index (Phi) is 1.90. The van der Waals surface area contributed by atoms with Crippen LogP contribution in [0.15, 0.2) is 22.9 Å². The summed E-state index contributed by atoms with van der Waals surface area (Å²) in [7, 11) is 1.62. The predicted octanol–water partition coefficient (Wildman–Crippen LogP) is 1.30. The Morgan fingerprint density at radius 3 is 3.08 bits per heavy atom. The summed E-state index contributed by atoms with van der Waals surface area (Å²) in [5.41, 5.74) is 7.20. The van der Waals surface area contributed by atoms with Gasteiger partial charge in [-0.3, -0.25) is 0 Å². The average molecular weight is 178 g/mol. The lowest BCUT2D eigenvalue weighted by Gasteiger charge is -2.04. The maximum absolute atomic E-state index is 5.54. The molecular weight excluding hydrogens is 168 g/mol. The molecule has 0 aliphatic carbocycles. The van der Waals surface area contributed by atoms with E-state index in [4.69, 9.17) is 15.0 Å². The monoisotopic (exact) mass is 178 g/mol. The van der Waals surface area contributed by atoms with Gasteiger partial charge in [-0.1, -0.05) is 5.16 Å². The first-order valence-electron chi connectivity index (χ1n) is 3.96. The maximum atomic E-state index is 5.54. The van der Waals surface area contributed by atoms with Gasteiger partial charge in [0, 0.05) is 17.5 Å². The molecule has 0 aliphatic heterocycles. The number of rotatable bonds is 2. The van der Waals surface area contributed by atoms with E-state index < -0.39 is 0 Å². The first-order chi connectivity index (χ1) is 6.35. The summed E-state index contributed by atoms with van der Waals surface area (Å²) in [5.74, 6) is 0.776. The van der Waals surface area contributed by atoms with Crippen LogP contribution in [0.1, 0.15) is 5.56 Å². The second kappa shape index (κ2) is 3.06. The van der Waals surface area contributed by atoms with Crippen molar-refractivity contribution in [2.75, 3.05) is 7.11 Å². The maximum Gasteiger partial charge on any atom is 0.167 e. The Hall–Kier alpha value is -1.55. The minimum absolute atomic E-state index is 0.430. The Balaban J connectivity index is 2.67. The lowest BCUT2D eigenvalue weighted by Crippen LogP contribution is -1.99. The van der Waals surface area contributed by atoms with Gasteiger partial charge < -0.3 is 15.0 Å². The quantitative estimate of drug-likeness (QED) is 0.752. The summed E-state index contributed by atoms with van der Waals surface area (Å²) in [6.07, 6.45) is 1.65.